The van der Waals surface area contributed by atoms with E-state index in [9.17, 15) is 0 Å². The van der Waals surface area contributed by atoms with Crippen molar-refractivity contribution in [1.29, 1.82) is 0 Å². The molecule has 0 aromatic carbocycles. The van der Waals surface area contributed by atoms with Gasteiger partial charge in [0.25, 0.3) is 0 Å². The van der Waals surface area contributed by atoms with E-state index in [2.05, 4.69) is 32.2 Å². The molecular formula is C14H17N5O. The summed E-state index contributed by atoms with van der Waals surface area (Å²) in [6, 6.07) is 1.78. The number of aromatic nitrogens is 4. The first-order chi connectivity index (χ1) is 9.88. The molecule has 104 valence electrons. The van der Waals surface area contributed by atoms with Crippen molar-refractivity contribution in [3.8, 4) is 11.6 Å². The van der Waals surface area contributed by atoms with Crippen molar-refractivity contribution >= 4 is 5.82 Å². The lowest BCUT2D eigenvalue weighted by Crippen LogP contribution is -2.17. The molecule has 0 atom stereocenters. The van der Waals surface area contributed by atoms with Gasteiger partial charge in [0.1, 0.15) is 5.82 Å². The Morgan fingerprint density at radius 2 is 2.05 bits per heavy atom. The van der Waals surface area contributed by atoms with Crippen LogP contribution in [0.2, 0.25) is 0 Å². The molecule has 2 aromatic heterocycles. The van der Waals surface area contributed by atoms with Crippen LogP contribution >= 0.6 is 0 Å². The third kappa shape index (κ3) is 2.60. The van der Waals surface area contributed by atoms with Crippen molar-refractivity contribution in [2.75, 3.05) is 18.5 Å². The molecule has 0 amide bonds. The Bertz CT molecular complexity index is 588. The Kier molecular flexibility index (Phi) is 3.83. The lowest BCUT2D eigenvalue weighted by Gasteiger charge is -2.19. The van der Waals surface area contributed by atoms with Crippen molar-refractivity contribution in [3.05, 3.63) is 29.7 Å². The van der Waals surface area contributed by atoms with Gasteiger partial charge in [-0.2, -0.15) is 0 Å². The van der Waals surface area contributed by atoms with Gasteiger partial charge in [0.05, 0.1) is 18.9 Å². The Balaban J connectivity index is 2.03. The lowest BCUT2D eigenvalue weighted by atomic mass is 10.1. The molecule has 6 nitrogen and oxygen atoms in total. The largest absolute Gasteiger partial charge is 0.376 e. The number of nitrogens with one attached hydrogen (secondary N) is 1. The summed E-state index contributed by atoms with van der Waals surface area (Å²) in [6.45, 7) is 4.26. The van der Waals surface area contributed by atoms with Crippen LogP contribution < -0.4 is 5.32 Å². The monoisotopic (exact) mass is 271 g/mol. The molecule has 0 fully saturated rings. The van der Waals surface area contributed by atoms with Gasteiger partial charge in [0.15, 0.2) is 11.6 Å². The maximum absolute atomic E-state index is 5.51. The third-order valence-electron chi connectivity index (χ3n) is 3.13. The number of rotatable bonds is 4. The molecule has 0 unspecified atom stereocenters. The molecule has 3 heterocycles. The fraction of sp³-hybridized carbons (Fsp3) is 0.429. The van der Waals surface area contributed by atoms with Gasteiger partial charge in [-0.1, -0.05) is 6.92 Å². The van der Waals surface area contributed by atoms with Crippen LogP contribution in [0.25, 0.3) is 11.6 Å². The van der Waals surface area contributed by atoms with Gasteiger partial charge in [-0.25, -0.2) is 19.9 Å². The standard InChI is InChI=1S/C14H17N5O/c1-2-5-15-12-10-9-20-8-4-11(10)18-14(19-12)13-16-6-3-7-17-13/h3,6-7H,2,4-5,8-9H2,1H3,(H,15,18,19). The highest BCUT2D eigenvalue weighted by Gasteiger charge is 2.19. The number of hydrogen-bond acceptors (Lipinski definition) is 6. The van der Waals surface area contributed by atoms with Crippen molar-refractivity contribution < 1.29 is 4.74 Å². The number of anilines is 1. The average Bonchev–Trinajstić information content (AvgIpc) is 2.53. The normalized spacial score (nSPS) is 13.8. The fourth-order valence-electron chi connectivity index (χ4n) is 2.14. The maximum Gasteiger partial charge on any atom is 0.199 e. The molecule has 6 heteroatoms. The molecule has 0 bridgehead atoms. The van der Waals surface area contributed by atoms with E-state index in [0.29, 0.717) is 24.9 Å². The summed E-state index contributed by atoms with van der Waals surface area (Å²) in [5.74, 6) is 1.98. The van der Waals surface area contributed by atoms with E-state index in [4.69, 9.17) is 4.74 Å². The van der Waals surface area contributed by atoms with Gasteiger partial charge < -0.3 is 10.1 Å². The minimum atomic E-state index is 0.557. The molecule has 0 radical (unpaired) electrons. The predicted molar refractivity (Wildman–Crippen MR) is 75.2 cm³/mol. The zero-order valence-corrected chi connectivity index (χ0v) is 11.5. The molecule has 2 aromatic rings. The average molecular weight is 271 g/mol. The second-order valence-electron chi connectivity index (χ2n) is 4.62. The first kappa shape index (κ1) is 12.9. The smallest absolute Gasteiger partial charge is 0.199 e. The molecule has 1 aliphatic rings. The first-order valence-electron chi connectivity index (χ1n) is 6.87. The molecular weight excluding hydrogens is 254 g/mol. The van der Waals surface area contributed by atoms with Gasteiger partial charge in [0.2, 0.25) is 0 Å². The van der Waals surface area contributed by atoms with Gasteiger partial charge in [-0.3, -0.25) is 0 Å². The van der Waals surface area contributed by atoms with Crippen LogP contribution in [0.3, 0.4) is 0 Å². The zero-order valence-electron chi connectivity index (χ0n) is 11.5. The number of ether oxygens (including phenoxy) is 1. The predicted octanol–water partition coefficient (Wildman–Crippen LogP) is 1.83. The molecule has 1 aliphatic heterocycles. The van der Waals surface area contributed by atoms with E-state index in [1.807, 2.05) is 0 Å². The topological polar surface area (TPSA) is 72.8 Å². The second-order valence-corrected chi connectivity index (χ2v) is 4.62. The van der Waals surface area contributed by atoms with Crippen LogP contribution in [0.15, 0.2) is 18.5 Å². The maximum atomic E-state index is 5.51. The van der Waals surface area contributed by atoms with Crippen molar-refractivity contribution in [1.82, 2.24) is 19.9 Å². The first-order valence-corrected chi connectivity index (χ1v) is 6.87. The Morgan fingerprint density at radius 3 is 2.85 bits per heavy atom. The number of fused-ring (bicyclic) bond motifs is 1. The summed E-state index contributed by atoms with van der Waals surface area (Å²) >= 11 is 0. The summed E-state index contributed by atoms with van der Waals surface area (Å²) in [5, 5.41) is 3.35. The van der Waals surface area contributed by atoms with E-state index in [1.165, 1.54) is 0 Å². The second kappa shape index (κ2) is 5.92. The highest BCUT2D eigenvalue weighted by Crippen LogP contribution is 2.24. The summed E-state index contributed by atoms with van der Waals surface area (Å²) in [4.78, 5) is 17.6. The van der Waals surface area contributed by atoms with Crippen LogP contribution in [0.5, 0.6) is 0 Å². The minimum absolute atomic E-state index is 0.557. The van der Waals surface area contributed by atoms with E-state index in [0.717, 1.165) is 36.5 Å². The van der Waals surface area contributed by atoms with Crippen LogP contribution in [-0.4, -0.2) is 33.1 Å². The summed E-state index contributed by atoms with van der Waals surface area (Å²) in [5.41, 5.74) is 2.09. The Morgan fingerprint density at radius 1 is 1.20 bits per heavy atom. The molecule has 1 N–H and O–H groups in total. The molecule has 0 spiro atoms. The van der Waals surface area contributed by atoms with Crippen LogP contribution in [0.1, 0.15) is 24.6 Å². The Labute approximate surface area is 117 Å². The summed E-state index contributed by atoms with van der Waals surface area (Å²) in [7, 11) is 0. The fourth-order valence-corrected chi connectivity index (χ4v) is 2.14. The molecule has 3 rings (SSSR count). The van der Waals surface area contributed by atoms with Gasteiger partial charge >= 0.3 is 0 Å². The van der Waals surface area contributed by atoms with Gasteiger partial charge in [-0.15, -0.1) is 0 Å². The molecule has 0 saturated carbocycles. The SMILES string of the molecule is CCCNc1nc(-c2ncccn2)nc2c1COCC2. The quantitative estimate of drug-likeness (QED) is 0.914. The molecule has 0 saturated heterocycles. The Hall–Kier alpha value is -2.08. The van der Waals surface area contributed by atoms with E-state index in [1.54, 1.807) is 18.5 Å². The highest BCUT2D eigenvalue weighted by atomic mass is 16.5. The van der Waals surface area contributed by atoms with Crippen molar-refractivity contribution in [3.63, 3.8) is 0 Å². The van der Waals surface area contributed by atoms with Gasteiger partial charge in [-0.05, 0) is 12.5 Å². The van der Waals surface area contributed by atoms with Crippen LogP contribution in [0.4, 0.5) is 5.82 Å². The van der Waals surface area contributed by atoms with Gasteiger partial charge in [0, 0.05) is 30.9 Å². The molecule has 20 heavy (non-hydrogen) atoms. The third-order valence-corrected chi connectivity index (χ3v) is 3.13. The van der Waals surface area contributed by atoms with E-state index >= 15 is 0 Å². The lowest BCUT2D eigenvalue weighted by molar-refractivity contribution is 0.109. The highest BCUT2D eigenvalue weighted by molar-refractivity contribution is 5.54. The summed E-state index contributed by atoms with van der Waals surface area (Å²) in [6.07, 6.45) is 5.25. The summed E-state index contributed by atoms with van der Waals surface area (Å²) < 4.78 is 5.51. The van der Waals surface area contributed by atoms with E-state index in [-0.39, 0.29) is 0 Å². The van der Waals surface area contributed by atoms with Crippen LogP contribution in [0, 0.1) is 0 Å². The molecule has 0 aliphatic carbocycles. The van der Waals surface area contributed by atoms with Crippen molar-refractivity contribution in [2.45, 2.75) is 26.4 Å². The zero-order chi connectivity index (χ0) is 13.8. The van der Waals surface area contributed by atoms with E-state index < -0.39 is 0 Å². The van der Waals surface area contributed by atoms with Crippen molar-refractivity contribution in [2.24, 2.45) is 0 Å². The number of nitrogens with zero attached hydrogens (tertiary/aromatic N) is 4. The minimum Gasteiger partial charge on any atom is -0.376 e. The van der Waals surface area contributed by atoms with Crippen LogP contribution in [-0.2, 0) is 17.8 Å². The number of hydrogen-bond donors (Lipinski definition) is 1.